The van der Waals surface area contributed by atoms with Crippen LogP contribution in [0.2, 0.25) is 0 Å². The lowest BCUT2D eigenvalue weighted by Crippen LogP contribution is -2.40. The highest BCUT2D eigenvalue weighted by Crippen LogP contribution is 2.23. The molecule has 2 nitrogen and oxygen atoms in total. The fraction of sp³-hybridized carbons (Fsp3) is 0.583. The standard InChI is InChI=1S/C12H16ClNOS/c1-2-9-5-7-16-11(9)12(15)14-6-3-4-10(13)8-14/h5,7,10H,2-4,6,8H2,1H3. The zero-order valence-electron chi connectivity index (χ0n) is 9.41. The molecule has 1 aromatic heterocycles. The van der Waals surface area contributed by atoms with Gasteiger partial charge in [0.2, 0.25) is 0 Å². The van der Waals surface area contributed by atoms with Gasteiger partial charge in [0.25, 0.3) is 5.91 Å². The summed E-state index contributed by atoms with van der Waals surface area (Å²) in [6, 6.07) is 2.04. The SMILES string of the molecule is CCc1ccsc1C(=O)N1CCCC(Cl)C1. The number of piperidine rings is 1. The maximum atomic E-state index is 12.3. The molecule has 1 fully saturated rings. The van der Waals surface area contributed by atoms with Gasteiger partial charge in [0.1, 0.15) is 0 Å². The number of aryl methyl sites for hydroxylation is 1. The molecule has 0 N–H and O–H groups in total. The van der Waals surface area contributed by atoms with E-state index in [4.69, 9.17) is 11.6 Å². The highest BCUT2D eigenvalue weighted by molar-refractivity contribution is 7.12. The Morgan fingerprint density at radius 2 is 2.50 bits per heavy atom. The Morgan fingerprint density at radius 1 is 1.69 bits per heavy atom. The molecule has 0 aromatic carbocycles. The molecule has 0 spiro atoms. The van der Waals surface area contributed by atoms with E-state index in [2.05, 4.69) is 6.92 Å². The maximum Gasteiger partial charge on any atom is 0.264 e. The highest BCUT2D eigenvalue weighted by Gasteiger charge is 2.24. The summed E-state index contributed by atoms with van der Waals surface area (Å²) in [5.74, 6) is 0.164. The second-order valence-corrected chi connectivity index (χ2v) is 5.65. The third kappa shape index (κ3) is 2.41. The summed E-state index contributed by atoms with van der Waals surface area (Å²) in [6.07, 6.45) is 2.96. The summed E-state index contributed by atoms with van der Waals surface area (Å²) in [5, 5.41) is 2.12. The van der Waals surface area contributed by atoms with Gasteiger partial charge in [0.05, 0.1) is 10.3 Å². The van der Waals surface area contributed by atoms with E-state index in [1.165, 1.54) is 0 Å². The summed E-state index contributed by atoms with van der Waals surface area (Å²) in [6.45, 7) is 3.63. The van der Waals surface area contributed by atoms with Gasteiger partial charge < -0.3 is 4.90 Å². The third-order valence-electron chi connectivity index (χ3n) is 2.97. The van der Waals surface area contributed by atoms with Gasteiger partial charge in [-0.2, -0.15) is 0 Å². The van der Waals surface area contributed by atoms with Crippen molar-refractivity contribution in [1.29, 1.82) is 0 Å². The molecule has 1 amide bonds. The first-order valence-electron chi connectivity index (χ1n) is 5.72. The number of hydrogen-bond acceptors (Lipinski definition) is 2. The Balaban J connectivity index is 2.12. The lowest BCUT2D eigenvalue weighted by Gasteiger charge is -2.29. The molecule has 2 heterocycles. The van der Waals surface area contributed by atoms with Crippen LogP contribution in [0.1, 0.15) is 35.0 Å². The zero-order chi connectivity index (χ0) is 11.5. The fourth-order valence-corrected chi connectivity index (χ4v) is 3.34. The maximum absolute atomic E-state index is 12.3. The van der Waals surface area contributed by atoms with E-state index in [0.29, 0.717) is 6.54 Å². The minimum atomic E-state index is 0.128. The number of rotatable bonds is 2. The molecule has 16 heavy (non-hydrogen) atoms. The molecule has 1 aliphatic rings. The summed E-state index contributed by atoms with van der Waals surface area (Å²) >= 11 is 7.64. The first kappa shape index (κ1) is 11.9. The van der Waals surface area contributed by atoms with Crippen LogP contribution in [0.25, 0.3) is 0 Å². The number of hydrogen-bond donors (Lipinski definition) is 0. The van der Waals surface area contributed by atoms with Crippen molar-refractivity contribution in [2.24, 2.45) is 0 Å². The Kier molecular flexibility index (Phi) is 3.87. The zero-order valence-corrected chi connectivity index (χ0v) is 11.0. The smallest absolute Gasteiger partial charge is 0.264 e. The Bertz CT molecular complexity index is 377. The first-order valence-corrected chi connectivity index (χ1v) is 7.03. The second kappa shape index (κ2) is 5.19. The van der Waals surface area contributed by atoms with Crippen molar-refractivity contribution in [1.82, 2.24) is 4.90 Å². The van der Waals surface area contributed by atoms with Gasteiger partial charge in [-0.3, -0.25) is 4.79 Å². The van der Waals surface area contributed by atoms with Crippen molar-refractivity contribution in [3.8, 4) is 0 Å². The number of nitrogens with zero attached hydrogens (tertiary/aromatic N) is 1. The average molecular weight is 258 g/mol. The lowest BCUT2D eigenvalue weighted by atomic mass is 10.1. The van der Waals surface area contributed by atoms with Crippen LogP contribution < -0.4 is 0 Å². The number of likely N-dealkylation sites (tertiary alicyclic amines) is 1. The second-order valence-electron chi connectivity index (χ2n) is 4.12. The van der Waals surface area contributed by atoms with E-state index >= 15 is 0 Å². The van der Waals surface area contributed by atoms with Gasteiger partial charge in [-0.15, -0.1) is 22.9 Å². The van der Waals surface area contributed by atoms with E-state index in [0.717, 1.165) is 36.2 Å². The minimum Gasteiger partial charge on any atom is -0.336 e. The van der Waals surface area contributed by atoms with E-state index in [1.54, 1.807) is 11.3 Å². The van der Waals surface area contributed by atoms with Crippen molar-refractivity contribution in [3.63, 3.8) is 0 Å². The molecule has 1 atom stereocenters. The van der Waals surface area contributed by atoms with Crippen LogP contribution in [0.15, 0.2) is 11.4 Å². The predicted molar refractivity (Wildman–Crippen MR) is 68.5 cm³/mol. The van der Waals surface area contributed by atoms with E-state index < -0.39 is 0 Å². The first-order chi connectivity index (χ1) is 7.72. The summed E-state index contributed by atoms with van der Waals surface area (Å²) in [7, 11) is 0. The van der Waals surface area contributed by atoms with Gasteiger partial charge in [-0.05, 0) is 36.3 Å². The molecule has 1 aromatic rings. The van der Waals surface area contributed by atoms with Crippen LogP contribution in [0.3, 0.4) is 0 Å². The summed E-state index contributed by atoms with van der Waals surface area (Å²) in [4.78, 5) is 15.1. The molecule has 0 aliphatic carbocycles. The third-order valence-corrected chi connectivity index (χ3v) is 4.27. The summed E-state index contributed by atoms with van der Waals surface area (Å²) < 4.78 is 0. The minimum absolute atomic E-state index is 0.128. The Labute approximate surface area is 105 Å². The van der Waals surface area contributed by atoms with Gasteiger partial charge in [-0.1, -0.05) is 6.92 Å². The molecule has 0 bridgehead atoms. The number of carbonyl (C=O) groups excluding carboxylic acids is 1. The average Bonchev–Trinajstić information content (AvgIpc) is 2.76. The van der Waals surface area contributed by atoms with Gasteiger partial charge in [0.15, 0.2) is 0 Å². The number of halogens is 1. The van der Waals surface area contributed by atoms with Gasteiger partial charge in [0, 0.05) is 13.1 Å². The fourth-order valence-electron chi connectivity index (χ4n) is 2.06. The summed E-state index contributed by atoms with van der Waals surface area (Å²) in [5.41, 5.74) is 1.16. The molecule has 0 saturated carbocycles. The van der Waals surface area contributed by atoms with E-state index in [9.17, 15) is 4.79 Å². The van der Waals surface area contributed by atoms with Crippen LogP contribution in [0, 0.1) is 0 Å². The number of carbonyl (C=O) groups is 1. The Hall–Kier alpha value is -0.540. The van der Waals surface area contributed by atoms with Crippen LogP contribution in [0.5, 0.6) is 0 Å². The largest absolute Gasteiger partial charge is 0.336 e. The normalized spacial score (nSPS) is 21.1. The Morgan fingerprint density at radius 3 is 3.19 bits per heavy atom. The molecular formula is C12H16ClNOS. The van der Waals surface area contributed by atoms with Gasteiger partial charge in [-0.25, -0.2) is 0 Å². The van der Waals surface area contributed by atoms with Crippen molar-refractivity contribution in [3.05, 3.63) is 21.9 Å². The van der Waals surface area contributed by atoms with Crippen molar-refractivity contribution in [2.75, 3.05) is 13.1 Å². The highest BCUT2D eigenvalue weighted by atomic mass is 35.5. The molecule has 1 aliphatic heterocycles. The van der Waals surface area contributed by atoms with E-state index in [1.807, 2.05) is 16.3 Å². The number of alkyl halides is 1. The lowest BCUT2D eigenvalue weighted by molar-refractivity contribution is 0.0731. The van der Waals surface area contributed by atoms with Crippen LogP contribution >= 0.6 is 22.9 Å². The monoisotopic (exact) mass is 257 g/mol. The molecule has 2 rings (SSSR count). The topological polar surface area (TPSA) is 20.3 Å². The molecule has 4 heteroatoms. The van der Waals surface area contributed by atoms with Crippen LogP contribution in [0.4, 0.5) is 0 Å². The molecule has 1 unspecified atom stereocenters. The van der Waals surface area contributed by atoms with Crippen molar-refractivity contribution < 1.29 is 4.79 Å². The number of amides is 1. The van der Waals surface area contributed by atoms with Crippen molar-refractivity contribution >= 4 is 28.8 Å². The quantitative estimate of drug-likeness (QED) is 0.746. The number of thiophene rings is 1. The molecule has 1 saturated heterocycles. The molecule has 0 radical (unpaired) electrons. The molecule has 88 valence electrons. The van der Waals surface area contributed by atoms with Gasteiger partial charge >= 0.3 is 0 Å². The van der Waals surface area contributed by atoms with E-state index in [-0.39, 0.29) is 11.3 Å². The molecular weight excluding hydrogens is 242 g/mol. The van der Waals surface area contributed by atoms with Crippen LogP contribution in [-0.2, 0) is 6.42 Å². The predicted octanol–water partition coefficient (Wildman–Crippen LogP) is 3.15. The van der Waals surface area contributed by atoms with Crippen LogP contribution in [-0.4, -0.2) is 29.3 Å². The van der Waals surface area contributed by atoms with Crippen molar-refractivity contribution in [2.45, 2.75) is 31.6 Å².